The number of piperazine rings is 1. The first-order valence-corrected chi connectivity index (χ1v) is 9.30. The summed E-state index contributed by atoms with van der Waals surface area (Å²) in [5.74, 6) is 2.80. The molecule has 2 aliphatic rings. The maximum Gasteiger partial charge on any atom is 0.193 e. The van der Waals surface area contributed by atoms with Gasteiger partial charge in [-0.05, 0) is 38.8 Å². The summed E-state index contributed by atoms with van der Waals surface area (Å²) in [7, 11) is 8.53. The monoisotopic (exact) mass is 451 g/mol. The predicted molar refractivity (Wildman–Crippen MR) is 114 cm³/mol. The van der Waals surface area contributed by atoms with Crippen LogP contribution in [0.25, 0.3) is 0 Å². The Morgan fingerprint density at radius 3 is 2.46 bits per heavy atom. The number of guanidine groups is 1. The van der Waals surface area contributed by atoms with Gasteiger partial charge in [-0.1, -0.05) is 19.8 Å². The molecule has 1 aliphatic carbocycles. The van der Waals surface area contributed by atoms with Gasteiger partial charge in [0.05, 0.1) is 0 Å². The van der Waals surface area contributed by atoms with Crippen molar-refractivity contribution in [3.8, 4) is 0 Å². The van der Waals surface area contributed by atoms with E-state index in [1.54, 1.807) is 0 Å². The Morgan fingerprint density at radius 1 is 1.17 bits per heavy atom. The standard InChI is InChI=1S/C18H37N5.HI/c1-15-6-8-16(9-7-15)13-23(5)18(19-2)20-12-17-14-21(3)10-11-22(17)4;/h15-17H,6-14H2,1-5H3,(H,19,20);1H. The average Bonchev–Trinajstić information content (AvgIpc) is 2.53. The van der Waals surface area contributed by atoms with E-state index in [-0.39, 0.29) is 24.0 Å². The molecule has 1 atom stereocenters. The maximum atomic E-state index is 4.50. The summed E-state index contributed by atoms with van der Waals surface area (Å²) in [4.78, 5) is 11.7. The van der Waals surface area contributed by atoms with Gasteiger partial charge in [-0.2, -0.15) is 0 Å². The molecule has 1 saturated heterocycles. The zero-order chi connectivity index (χ0) is 16.8. The first kappa shape index (κ1) is 22.0. The quantitative estimate of drug-likeness (QED) is 0.404. The smallest absolute Gasteiger partial charge is 0.193 e. The normalized spacial score (nSPS) is 29.9. The highest BCUT2D eigenvalue weighted by molar-refractivity contribution is 14.0. The summed E-state index contributed by atoms with van der Waals surface area (Å²) >= 11 is 0. The van der Waals surface area contributed by atoms with Crippen molar-refractivity contribution in [1.82, 2.24) is 20.0 Å². The molecular formula is C18H38IN5. The molecule has 1 heterocycles. The highest BCUT2D eigenvalue weighted by atomic mass is 127. The number of hydrogen-bond donors (Lipinski definition) is 1. The van der Waals surface area contributed by atoms with Crippen LogP contribution in [0.1, 0.15) is 32.6 Å². The van der Waals surface area contributed by atoms with Gasteiger partial charge >= 0.3 is 0 Å². The SMILES string of the molecule is CN=C(NCC1CN(C)CCN1C)N(C)CC1CCC(C)CC1.I. The van der Waals surface area contributed by atoms with E-state index in [1.165, 1.54) is 32.2 Å². The van der Waals surface area contributed by atoms with E-state index >= 15 is 0 Å². The molecule has 2 fully saturated rings. The van der Waals surface area contributed by atoms with Gasteiger partial charge in [0.25, 0.3) is 0 Å². The Kier molecular flexibility index (Phi) is 9.89. The number of nitrogens with zero attached hydrogens (tertiary/aromatic N) is 4. The minimum absolute atomic E-state index is 0. The van der Waals surface area contributed by atoms with Gasteiger partial charge in [0.1, 0.15) is 0 Å². The fourth-order valence-electron chi connectivity index (χ4n) is 3.90. The Hall–Kier alpha value is -0.0800. The number of hydrogen-bond acceptors (Lipinski definition) is 3. The molecular weight excluding hydrogens is 413 g/mol. The highest BCUT2D eigenvalue weighted by Crippen LogP contribution is 2.28. The first-order chi connectivity index (χ1) is 11.0. The number of likely N-dealkylation sites (N-methyl/N-ethyl adjacent to an activating group) is 2. The van der Waals surface area contributed by atoms with E-state index in [1.807, 2.05) is 7.05 Å². The molecule has 0 radical (unpaired) electrons. The van der Waals surface area contributed by atoms with E-state index < -0.39 is 0 Å². The first-order valence-electron chi connectivity index (χ1n) is 9.30. The Balaban J connectivity index is 0.00000288. The number of nitrogens with one attached hydrogen (secondary N) is 1. The third kappa shape index (κ3) is 6.67. The van der Waals surface area contributed by atoms with Crippen molar-refractivity contribution in [3.63, 3.8) is 0 Å². The molecule has 5 nitrogen and oxygen atoms in total. The van der Waals surface area contributed by atoms with Crippen molar-refractivity contribution in [3.05, 3.63) is 0 Å². The molecule has 1 aliphatic heterocycles. The Labute approximate surface area is 166 Å². The van der Waals surface area contributed by atoms with Crippen LogP contribution >= 0.6 is 24.0 Å². The Morgan fingerprint density at radius 2 is 1.83 bits per heavy atom. The van der Waals surface area contributed by atoms with Crippen LogP contribution in [0.5, 0.6) is 0 Å². The van der Waals surface area contributed by atoms with Crippen molar-refractivity contribution in [2.24, 2.45) is 16.8 Å². The molecule has 142 valence electrons. The van der Waals surface area contributed by atoms with E-state index in [9.17, 15) is 0 Å². The molecule has 0 bridgehead atoms. The molecule has 1 N–H and O–H groups in total. The van der Waals surface area contributed by atoms with Crippen LogP contribution in [0.3, 0.4) is 0 Å². The van der Waals surface area contributed by atoms with Crippen LogP contribution in [-0.2, 0) is 0 Å². The van der Waals surface area contributed by atoms with E-state index in [2.05, 4.69) is 53.1 Å². The fourth-order valence-corrected chi connectivity index (χ4v) is 3.90. The lowest BCUT2D eigenvalue weighted by atomic mass is 9.83. The van der Waals surface area contributed by atoms with Crippen LogP contribution in [0.4, 0.5) is 0 Å². The van der Waals surface area contributed by atoms with Crippen LogP contribution in [0.2, 0.25) is 0 Å². The van der Waals surface area contributed by atoms with Crippen molar-refractivity contribution in [1.29, 1.82) is 0 Å². The Bertz CT molecular complexity index is 382. The van der Waals surface area contributed by atoms with E-state index in [0.29, 0.717) is 6.04 Å². The van der Waals surface area contributed by atoms with Crippen LogP contribution < -0.4 is 5.32 Å². The highest BCUT2D eigenvalue weighted by Gasteiger charge is 2.24. The molecule has 2 rings (SSSR count). The van der Waals surface area contributed by atoms with Crippen molar-refractivity contribution in [2.75, 3.05) is 60.9 Å². The van der Waals surface area contributed by atoms with Gasteiger partial charge in [-0.25, -0.2) is 0 Å². The summed E-state index contributed by atoms with van der Waals surface area (Å²) in [6.07, 6.45) is 5.53. The molecule has 0 aromatic rings. The molecule has 24 heavy (non-hydrogen) atoms. The summed E-state index contributed by atoms with van der Waals surface area (Å²) < 4.78 is 0. The fraction of sp³-hybridized carbons (Fsp3) is 0.944. The predicted octanol–water partition coefficient (Wildman–Crippen LogP) is 2.18. The summed E-state index contributed by atoms with van der Waals surface area (Å²) in [5.41, 5.74) is 0. The summed E-state index contributed by atoms with van der Waals surface area (Å²) in [5, 5.41) is 3.60. The lowest BCUT2D eigenvalue weighted by molar-refractivity contribution is 0.116. The van der Waals surface area contributed by atoms with Crippen LogP contribution in [0.15, 0.2) is 4.99 Å². The topological polar surface area (TPSA) is 34.1 Å². The minimum Gasteiger partial charge on any atom is -0.355 e. The molecule has 0 amide bonds. The molecule has 0 aromatic heterocycles. The van der Waals surface area contributed by atoms with Crippen molar-refractivity contribution >= 4 is 29.9 Å². The zero-order valence-electron chi connectivity index (χ0n) is 16.3. The zero-order valence-corrected chi connectivity index (χ0v) is 18.6. The van der Waals surface area contributed by atoms with Crippen LogP contribution in [0, 0.1) is 11.8 Å². The average molecular weight is 451 g/mol. The minimum atomic E-state index is 0. The van der Waals surface area contributed by atoms with Gasteiger partial charge in [-0.3, -0.25) is 9.89 Å². The second kappa shape index (κ2) is 10.8. The van der Waals surface area contributed by atoms with Gasteiger partial charge in [0.15, 0.2) is 5.96 Å². The van der Waals surface area contributed by atoms with Gasteiger partial charge in [-0.15, -0.1) is 24.0 Å². The number of halogens is 1. The lowest BCUT2D eigenvalue weighted by Gasteiger charge is -2.38. The molecule has 0 spiro atoms. The van der Waals surface area contributed by atoms with Crippen molar-refractivity contribution < 1.29 is 0 Å². The van der Waals surface area contributed by atoms with Gasteiger partial charge in [0.2, 0.25) is 0 Å². The molecule has 1 saturated carbocycles. The maximum absolute atomic E-state index is 4.50. The molecule has 6 heteroatoms. The largest absolute Gasteiger partial charge is 0.355 e. The number of rotatable bonds is 4. The van der Waals surface area contributed by atoms with Crippen LogP contribution in [-0.4, -0.2) is 87.6 Å². The van der Waals surface area contributed by atoms with Gasteiger partial charge < -0.3 is 15.1 Å². The second-order valence-corrected chi connectivity index (χ2v) is 7.83. The summed E-state index contributed by atoms with van der Waals surface area (Å²) in [6.45, 7) is 7.94. The van der Waals surface area contributed by atoms with Crippen molar-refractivity contribution in [2.45, 2.75) is 38.6 Å². The third-order valence-corrected chi connectivity index (χ3v) is 5.72. The third-order valence-electron chi connectivity index (χ3n) is 5.72. The van der Waals surface area contributed by atoms with E-state index in [0.717, 1.165) is 44.0 Å². The molecule has 0 aromatic carbocycles. The van der Waals surface area contributed by atoms with E-state index in [4.69, 9.17) is 0 Å². The van der Waals surface area contributed by atoms with Gasteiger partial charge in [0, 0.05) is 52.9 Å². The lowest BCUT2D eigenvalue weighted by Crippen LogP contribution is -2.55. The molecule has 1 unspecified atom stereocenters. The summed E-state index contributed by atoms with van der Waals surface area (Å²) in [6, 6.07) is 0.564. The second-order valence-electron chi connectivity index (χ2n) is 7.83. The number of aliphatic imine (C=N–C) groups is 1.